The standard InChI is InChI=1S/C25H26N2O3/c1-18-11-13-20(14-12-18)25(19-7-3-2-4-8-19)30-17-21(29)15-27-23-10-6-5-9-22(23)26-24(27)16-28/h2-14,21,25,28-29H,15-17H2,1H3/t21-,25-/m0/s1. The molecule has 0 aliphatic heterocycles. The molecule has 0 spiro atoms. The molecule has 0 bridgehead atoms. The number of hydrogen-bond donors (Lipinski definition) is 2. The number of fused-ring (bicyclic) bond motifs is 1. The molecule has 0 saturated carbocycles. The molecule has 2 N–H and O–H groups in total. The summed E-state index contributed by atoms with van der Waals surface area (Å²) in [6.45, 7) is 2.33. The van der Waals surface area contributed by atoms with E-state index in [2.05, 4.69) is 36.2 Å². The van der Waals surface area contributed by atoms with Crippen molar-refractivity contribution in [2.45, 2.75) is 32.3 Å². The molecule has 2 atom stereocenters. The highest BCUT2D eigenvalue weighted by Crippen LogP contribution is 2.27. The normalized spacial score (nSPS) is 13.4. The van der Waals surface area contributed by atoms with Gasteiger partial charge in [-0.05, 0) is 30.2 Å². The molecule has 4 aromatic rings. The topological polar surface area (TPSA) is 67.5 Å². The van der Waals surface area contributed by atoms with Gasteiger partial charge in [0.1, 0.15) is 18.5 Å². The van der Waals surface area contributed by atoms with Crippen LogP contribution in [0.1, 0.15) is 28.6 Å². The van der Waals surface area contributed by atoms with Crippen LogP contribution in [0.25, 0.3) is 11.0 Å². The minimum Gasteiger partial charge on any atom is -0.389 e. The minimum atomic E-state index is -0.746. The third kappa shape index (κ3) is 4.44. The lowest BCUT2D eigenvalue weighted by atomic mass is 10.0. The Labute approximate surface area is 176 Å². The van der Waals surface area contributed by atoms with Crippen LogP contribution in [-0.4, -0.2) is 32.5 Å². The van der Waals surface area contributed by atoms with Crippen LogP contribution in [0, 0.1) is 6.92 Å². The number of aliphatic hydroxyl groups excluding tert-OH is 2. The number of ether oxygens (including phenoxy) is 1. The molecule has 5 nitrogen and oxygen atoms in total. The van der Waals surface area contributed by atoms with Gasteiger partial charge >= 0.3 is 0 Å². The molecule has 3 aromatic carbocycles. The highest BCUT2D eigenvalue weighted by atomic mass is 16.5. The van der Waals surface area contributed by atoms with Crippen molar-refractivity contribution in [1.29, 1.82) is 0 Å². The number of aromatic nitrogens is 2. The van der Waals surface area contributed by atoms with Crippen molar-refractivity contribution in [3.05, 3.63) is 101 Å². The molecule has 0 aliphatic rings. The lowest BCUT2D eigenvalue weighted by Gasteiger charge is -2.22. The lowest BCUT2D eigenvalue weighted by Crippen LogP contribution is -2.24. The van der Waals surface area contributed by atoms with Gasteiger partial charge in [0.2, 0.25) is 0 Å². The molecule has 0 radical (unpaired) electrons. The first kappa shape index (κ1) is 20.3. The van der Waals surface area contributed by atoms with E-state index >= 15 is 0 Å². The van der Waals surface area contributed by atoms with Gasteiger partial charge in [-0.2, -0.15) is 0 Å². The summed E-state index contributed by atoms with van der Waals surface area (Å²) in [6, 6.07) is 25.9. The summed E-state index contributed by atoms with van der Waals surface area (Å²) in [7, 11) is 0. The van der Waals surface area contributed by atoms with E-state index in [1.807, 2.05) is 59.2 Å². The van der Waals surface area contributed by atoms with E-state index in [0.29, 0.717) is 12.4 Å². The maximum absolute atomic E-state index is 10.7. The molecular weight excluding hydrogens is 376 g/mol. The second-order valence-corrected chi connectivity index (χ2v) is 7.47. The van der Waals surface area contributed by atoms with Crippen molar-refractivity contribution in [3.8, 4) is 0 Å². The number of hydrogen-bond acceptors (Lipinski definition) is 4. The van der Waals surface area contributed by atoms with Crippen LogP contribution in [0.4, 0.5) is 0 Å². The van der Waals surface area contributed by atoms with Crippen molar-refractivity contribution in [1.82, 2.24) is 9.55 Å². The van der Waals surface area contributed by atoms with Gasteiger partial charge in [-0.3, -0.25) is 0 Å². The van der Waals surface area contributed by atoms with Crippen LogP contribution >= 0.6 is 0 Å². The number of imidazole rings is 1. The Morgan fingerprint density at radius 2 is 1.57 bits per heavy atom. The summed E-state index contributed by atoms with van der Waals surface area (Å²) in [6.07, 6.45) is -1.01. The van der Waals surface area contributed by atoms with E-state index < -0.39 is 6.10 Å². The van der Waals surface area contributed by atoms with Crippen molar-refractivity contribution >= 4 is 11.0 Å². The van der Waals surface area contributed by atoms with Gasteiger partial charge in [-0.25, -0.2) is 4.98 Å². The van der Waals surface area contributed by atoms with E-state index in [1.165, 1.54) is 5.56 Å². The third-order valence-electron chi connectivity index (χ3n) is 5.21. The van der Waals surface area contributed by atoms with Gasteiger partial charge in [0, 0.05) is 0 Å². The van der Waals surface area contributed by atoms with Gasteiger partial charge in [-0.15, -0.1) is 0 Å². The van der Waals surface area contributed by atoms with Crippen LogP contribution < -0.4 is 0 Å². The first-order valence-electron chi connectivity index (χ1n) is 10.1. The first-order chi connectivity index (χ1) is 14.7. The van der Waals surface area contributed by atoms with E-state index in [9.17, 15) is 10.2 Å². The number of aliphatic hydroxyl groups is 2. The van der Waals surface area contributed by atoms with E-state index in [-0.39, 0.29) is 19.3 Å². The monoisotopic (exact) mass is 402 g/mol. The van der Waals surface area contributed by atoms with Crippen molar-refractivity contribution in [3.63, 3.8) is 0 Å². The Morgan fingerprint density at radius 3 is 2.30 bits per heavy atom. The number of nitrogens with zero attached hydrogens (tertiary/aromatic N) is 2. The zero-order valence-electron chi connectivity index (χ0n) is 17.0. The van der Waals surface area contributed by atoms with Crippen LogP contribution in [0.5, 0.6) is 0 Å². The van der Waals surface area contributed by atoms with Crippen LogP contribution in [-0.2, 0) is 17.9 Å². The Bertz CT molecular complexity index is 1090. The Hall–Kier alpha value is -2.99. The molecule has 5 heteroatoms. The maximum atomic E-state index is 10.7. The van der Waals surface area contributed by atoms with Crippen molar-refractivity contribution < 1.29 is 14.9 Å². The largest absolute Gasteiger partial charge is 0.389 e. The summed E-state index contributed by atoms with van der Waals surface area (Å²) in [5.41, 5.74) is 4.96. The quantitative estimate of drug-likeness (QED) is 0.467. The van der Waals surface area contributed by atoms with E-state index in [4.69, 9.17) is 4.74 Å². The van der Waals surface area contributed by atoms with Crippen molar-refractivity contribution in [2.75, 3.05) is 6.61 Å². The fraction of sp³-hybridized carbons (Fsp3) is 0.240. The molecule has 154 valence electrons. The summed E-state index contributed by atoms with van der Waals surface area (Å²) in [4.78, 5) is 4.44. The van der Waals surface area contributed by atoms with Crippen LogP contribution in [0.15, 0.2) is 78.9 Å². The highest BCUT2D eigenvalue weighted by Gasteiger charge is 2.18. The molecule has 1 heterocycles. The van der Waals surface area contributed by atoms with E-state index in [1.54, 1.807) is 0 Å². The average molecular weight is 402 g/mol. The second-order valence-electron chi connectivity index (χ2n) is 7.47. The van der Waals surface area contributed by atoms with Gasteiger partial charge in [0.15, 0.2) is 0 Å². The third-order valence-corrected chi connectivity index (χ3v) is 5.21. The molecule has 1 aromatic heterocycles. The molecule has 0 amide bonds. The molecule has 0 unspecified atom stereocenters. The van der Waals surface area contributed by atoms with E-state index in [0.717, 1.165) is 22.2 Å². The van der Waals surface area contributed by atoms with Gasteiger partial charge in [0.25, 0.3) is 0 Å². The van der Waals surface area contributed by atoms with Crippen LogP contribution in [0.2, 0.25) is 0 Å². The maximum Gasteiger partial charge on any atom is 0.135 e. The summed E-state index contributed by atoms with van der Waals surface area (Å²) >= 11 is 0. The van der Waals surface area contributed by atoms with Crippen LogP contribution in [0.3, 0.4) is 0 Å². The predicted molar refractivity (Wildman–Crippen MR) is 117 cm³/mol. The Kier molecular flexibility index (Phi) is 6.23. The fourth-order valence-electron chi connectivity index (χ4n) is 3.67. The second kappa shape index (κ2) is 9.22. The van der Waals surface area contributed by atoms with Crippen molar-refractivity contribution in [2.24, 2.45) is 0 Å². The molecule has 30 heavy (non-hydrogen) atoms. The number of benzene rings is 3. The SMILES string of the molecule is Cc1ccc([C@@H](OC[C@@H](O)Cn2c(CO)nc3ccccc32)c2ccccc2)cc1. The highest BCUT2D eigenvalue weighted by molar-refractivity contribution is 5.75. The molecule has 0 fully saturated rings. The zero-order chi connectivity index (χ0) is 20.9. The summed E-state index contributed by atoms with van der Waals surface area (Å²) < 4.78 is 8.06. The number of aryl methyl sites for hydroxylation is 1. The zero-order valence-corrected chi connectivity index (χ0v) is 17.0. The Balaban J connectivity index is 1.52. The predicted octanol–water partition coefficient (Wildman–Crippen LogP) is 4.00. The Morgan fingerprint density at radius 1 is 0.900 bits per heavy atom. The number of para-hydroxylation sites is 2. The molecular formula is C25H26N2O3. The molecule has 0 saturated heterocycles. The fourth-order valence-corrected chi connectivity index (χ4v) is 3.67. The first-order valence-corrected chi connectivity index (χ1v) is 10.1. The van der Waals surface area contributed by atoms with Gasteiger partial charge < -0.3 is 19.5 Å². The minimum absolute atomic E-state index is 0.158. The molecule has 0 aliphatic carbocycles. The number of rotatable bonds is 8. The molecule has 4 rings (SSSR count). The summed E-state index contributed by atoms with van der Waals surface area (Å²) in [5.74, 6) is 0.536. The summed E-state index contributed by atoms with van der Waals surface area (Å²) in [5, 5.41) is 20.4. The van der Waals surface area contributed by atoms with Gasteiger partial charge in [0.05, 0.1) is 30.3 Å². The average Bonchev–Trinajstić information content (AvgIpc) is 3.13. The lowest BCUT2D eigenvalue weighted by molar-refractivity contribution is -0.000735. The smallest absolute Gasteiger partial charge is 0.135 e. The van der Waals surface area contributed by atoms with Gasteiger partial charge in [-0.1, -0.05) is 72.3 Å².